The molecule has 3 N–H and O–H groups in total. The standard InChI is InChI=1S/C23H22BrN3O4/c1-15(31-23(30)26-13-11-16-6-2-3-8-21(16)28)17-9-10-19(18(24)14-17)27-22(29)20-7-4-5-12-25-20/h2-10,12,14-15,28H,11,13H2,1H3,(H,26,30)(H,27,29). The van der Waals surface area contributed by atoms with E-state index in [1.54, 1.807) is 67.7 Å². The number of amides is 2. The van der Waals surface area contributed by atoms with Gasteiger partial charge in [-0.15, -0.1) is 0 Å². The van der Waals surface area contributed by atoms with Gasteiger partial charge in [0.25, 0.3) is 5.91 Å². The molecule has 0 bridgehead atoms. The molecule has 8 heteroatoms. The molecule has 0 fully saturated rings. The van der Waals surface area contributed by atoms with Crippen LogP contribution in [0.3, 0.4) is 0 Å². The van der Waals surface area contributed by atoms with E-state index in [-0.39, 0.29) is 11.7 Å². The molecule has 31 heavy (non-hydrogen) atoms. The van der Waals surface area contributed by atoms with Gasteiger partial charge < -0.3 is 20.5 Å². The summed E-state index contributed by atoms with van der Waals surface area (Å²) >= 11 is 3.44. The van der Waals surface area contributed by atoms with Gasteiger partial charge in [-0.05, 0) is 70.7 Å². The number of ether oxygens (including phenoxy) is 1. The van der Waals surface area contributed by atoms with Crippen molar-refractivity contribution in [3.63, 3.8) is 0 Å². The number of rotatable bonds is 7. The fourth-order valence-corrected chi connectivity index (χ4v) is 3.36. The van der Waals surface area contributed by atoms with E-state index in [0.717, 1.165) is 11.1 Å². The van der Waals surface area contributed by atoms with Gasteiger partial charge in [0.15, 0.2) is 0 Å². The number of anilines is 1. The van der Waals surface area contributed by atoms with E-state index in [4.69, 9.17) is 4.74 Å². The minimum atomic E-state index is -0.549. The monoisotopic (exact) mass is 483 g/mol. The summed E-state index contributed by atoms with van der Waals surface area (Å²) in [5.74, 6) is -0.117. The first-order valence-corrected chi connectivity index (χ1v) is 10.5. The Kier molecular flexibility index (Phi) is 7.61. The Morgan fingerprint density at radius 2 is 1.90 bits per heavy atom. The molecule has 0 saturated heterocycles. The maximum Gasteiger partial charge on any atom is 0.407 e. The van der Waals surface area contributed by atoms with E-state index in [1.807, 2.05) is 6.07 Å². The van der Waals surface area contributed by atoms with Crippen LogP contribution in [0.1, 0.15) is 34.6 Å². The van der Waals surface area contributed by atoms with E-state index in [1.165, 1.54) is 0 Å². The Bertz CT molecular complexity index is 1060. The Hall–Kier alpha value is -3.39. The topological polar surface area (TPSA) is 101 Å². The number of nitrogens with zero attached hydrogens (tertiary/aromatic N) is 1. The number of nitrogens with one attached hydrogen (secondary N) is 2. The zero-order chi connectivity index (χ0) is 22.2. The maximum atomic E-state index is 12.3. The van der Waals surface area contributed by atoms with Crippen molar-refractivity contribution in [2.45, 2.75) is 19.4 Å². The van der Waals surface area contributed by atoms with Crippen molar-refractivity contribution in [2.75, 3.05) is 11.9 Å². The van der Waals surface area contributed by atoms with Crippen LogP contribution >= 0.6 is 15.9 Å². The molecule has 7 nitrogen and oxygen atoms in total. The van der Waals surface area contributed by atoms with Crippen LogP contribution in [-0.2, 0) is 11.2 Å². The molecule has 0 aliphatic carbocycles. The molecule has 160 valence electrons. The van der Waals surface area contributed by atoms with E-state index >= 15 is 0 Å². The van der Waals surface area contributed by atoms with Crippen LogP contribution in [0.2, 0.25) is 0 Å². The molecule has 0 spiro atoms. The smallest absolute Gasteiger partial charge is 0.407 e. The minimum absolute atomic E-state index is 0.200. The van der Waals surface area contributed by atoms with E-state index < -0.39 is 12.2 Å². The number of aromatic hydroxyl groups is 1. The van der Waals surface area contributed by atoms with Crippen LogP contribution < -0.4 is 10.6 Å². The summed E-state index contributed by atoms with van der Waals surface area (Å²) in [6, 6.07) is 17.4. The van der Waals surface area contributed by atoms with E-state index in [0.29, 0.717) is 28.8 Å². The minimum Gasteiger partial charge on any atom is -0.508 e. The first kappa shape index (κ1) is 22.3. The first-order valence-electron chi connectivity index (χ1n) is 9.67. The number of para-hydroxylation sites is 1. The van der Waals surface area contributed by atoms with Gasteiger partial charge in [-0.3, -0.25) is 9.78 Å². The number of aromatic nitrogens is 1. The number of hydrogen-bond donors (Lipinski definition) is 3. The molecule has 2 amide bonds. The summed E-state index contributed by atoms with van der Waals surface area (Å²) in [6.07, 6.45) is 1.00. The Balaban J connectivity index is 1.52. The summed E-state index contributed by atoms with van der Waals surface area (Å²) in [5, 5.41) is 15.2. The normalized spacial score (nSPS) is 11.4. The van der Waals surface area contributed by atoms with Gasteiger partial charge in [0.1, 0.15) is 17.5 Å². The molecule has 0 saturated carbocycles. The summed E-state index contributed by atoms with van der Waals surface area (Å²) in [7, 11) is 0. The van der Waals surface area contributed by atoms with E-state index in [2.05, 4.69) is 31.5 Å². The number of phenolic OH excluding ortho intramolecular Hbond substituents is 1. The Morgan fingerprint density at radius 1 is 1.13 bits per heavy atom. The molecule has 1 atom stereocenters. The molecular formula is C23H22BrN3O4. The number of phenols is 1. The fraction of sp³-hybridized carbons (Fsp3) is 0.174. The molecule has 3 aromatic rings. The number of pyridine rings is 1. The molecule has 1 heterocycles. The van der Waals surface area contributed by atoms with Crippen molar-refractivity contribution in [3.05, 3.63) is 88.2 Å². The van der Waals surface area contributed by atoms with Gasteiger partial charge in [0.05, 0.1) is 5.69 Å². The van der Waals surface area contributed by atoms with Gasteiger partial charge in [-0.2, -0.15) is 0 Å². The molecule has 0 radical (unpaired) electrons. The van der Waals surface area contributed by atoms with Crippen LogP contribution in [-0.4, -0.2) is 28.6 Å². The van der Waals surface area contributed by atoms with Gasteiger partial charge in [0.2, 0.25) is 0 Å². The highest BCUT2D eigenvalue weighted by atomic mass is 79.9. The highest BCUT2D eigenvalue weighted by Crippen LogP contribution is 2.28. The number of hydrogen-bond acceptors (Lipinski definition) is 5. The van der Waals surface area contributed by atoms with Crippen molar-refractivity contribution in [1.29, 1.82) is 0 Å². The summed E-state index contributed by atoms with van der Waals surface area (Å²) in [6.45, 7) is 2.10. The average Bonchev–Trinajstić information content (AvgIpc) is 2.77. The highest BCUT2D eigenvalue weighted by Gasteiger charge is 2.15. The molecule has 2 aromatic carbocycles. The van der Waals surface area contributed by atoms with Gasteiger partial charge in [-0.25, -0.2) is 4.79 Å². The van der Waals surface area contributed by atoms with Crippen molar-refractivity contribution in [2.24, 2.45) is 0 Å². The largest absolute Gasteiger partial charge is 0.508 e. The second-order valence-corrected chi connectivity index (χ2v) is 7.62. The molecule has 3 rings (SSSR count). The second-order valence-electron chi connectivity index (χ2n) is 6.76. The lowest BCUT2D eigenvalue weighted by Gasteiger charge is -2.16. The van der Waals surface area contributed by atoms with Gasteiger partial charge in [0, 0.05) is 17.2 Å². The maximum absolute atomic E-state index is 12.3. The van der Waals surface area contributed by atoms with Crippen LogP contribution in [0.25, 0.3) is 0 Å². The third kappa shape index (κ3) is 6.29. The number of carbonyl (C=O) groups excluding carboxylic acids is 2. The Morgan fingerprint density at radius 3 is 2.61 bits per heavy atom. The van der Waals surface area contributed by atoms with Crippen LogP contribution in [0.5, 0.6) is 5.75 Å². The average molecular weight is 484 g/mol. The predicted octanol–water partition coefficient (Wildman–Crippen LogP) is 4.83. The van der Waals surface area contributed by atoms with Crippen LogP contribution in [0.4, 0.5) is 10.5 Å². The van der Waals surface area contributed by atoms with Crippen molar-refractivity contribution in [3.8, 4) is 5.75 Å². The lowest BCUT2D eigenvalue weighted by molar-refractivity contribution is 0.102. The van der Waals surface area contributed by atoms with Crippen molar-refractivity contribution in [1.82, 2.24) is 10.3 Å². The summed E-state index contributed by atoms with van der Waals surface area (Å²) in [4.78, 5) is 28.4. The third-order valence-electron chi connectivity index (χ3n) is 4.55. The Labute approximate surface area is 188 Å². The lowest BCUT2D eigenvalue weighted by Crippen LogP contribution is -2.27. The van der Waals surface area contributed by atoms with Crippen LogP contribution in [0.15, 0.2) is 71.3 Å². The zero-order valence-electron chi connectivity index (χ0n) is 16.8. The number of halogens is 1. The third-order valence-corrected chi connectivity index (χ3v) is 5.20. The van der Waals surface area contributed by atoms with E-state index in [9.17, 15) is 14.7 Å². The lowest BCUT2D eigenvalue weighted by atomic mass is 10.1. The fourth-order valence-electron chi connectivity index (χ4n) is 2.86. The van der Waals surface area contributed by atoms with Crippen LogP contribution in [0, 0.1) is 0 Å². The summed E-state index contributed by atoms with van der Waals surface area (Å²) in [5.41, 5.74) is 2.41. The van der Waals surface area contributed by atoms with Crippen molar-refractivity contribution < 1.29 is 19.4 Å². The molecule has 1 aromatic heterocycles. The number of benzene rings is 2. The highest BCUT2D eigenvalue weighted by molar-refractivity contribution is 9.10. The molecule has 1 unspecified atom stereocenters. The predicted molar refractivity (Wildman–Crippen MR) is 121 cm³/mol. The van der Waals surface area contributed by atoms with Crippen molar-refractivity contribution >= 4 is 33.6 Å². The SMILES string of the molecule is CC(OC(=O)NCCc1ccccc1O)c1ccc(NC(=O)c2ccccn2)c(Br)c1. The van der Waals surface area contributed by atoms with Gasteiger partial charge in [-0.1, -0.05) is 30.3 Å². The number of alkyl carbamates (subject to hydrolysis) is 1. The second kappa shape index (κ2) is 10.6. The van der Waals surface area contributed by atoms with Gasteiger partial charge >= 0.3 is 6.09 Å². The summed E-state index contributed by atoms with van der Waals surface area (Å²) < 4.78 is 6.08. The zero-order valence-corrected chi connectivity index (χ0v) is 18.4. The quantitative estimate of drug-likeness (QED) is 0.446. The number of carbonyl (C=O) groups is 2. The first-order chi connectivity index (χ1) is 14.9. The molecule has 0 aliphatic heterocycles. The molecule has 0 aliphatic rings. The molecular weight excluding hydrogens is 462 g/mol.